The van der Waals surface area contributed by atoms with Crippen molar-refractivity contribution in [3.8, 4) is 6.19 Å². The van der Waals surface area contributed by atoms with Gasteiger partial charge in [0.15, 0.2) is 6.19 Å². The van der Waals surface area contributed by atoms with E-state index in [2.05, 4.69) is 16.1 Å². The van der Waals surface area contributed by atoms with Crippen molar-refractivity contribution in [2.45, 2.75) is 44.1 Å². The molecule has 1 aliphatic carbocycles. The van der Waals surface area contributed by atoms with Crippen molar-refractivity contribution in [2.75, 3.05) is 37.6 Å². The number of fused-ring (bicyclic) bond motifs is 1. The standard InChI is InChI=1S/C17H23N5OS/c18-12-20-6-7-21-8-9-22(17(23)14(21)11-20)15-10-19-16(24-15)13-4-2-1-3-5-13/h10,13-14H,1-9,11H2. The first kappa shape index (κ1) is 15.9. The molecule has 1 atom stereocenters. The lowest BCUT2D eigenvalue weighted by molar-refractivity contribution is -0.127. The predicted molar refractivity (Wildman–Crippen MR) is 92.8 cm³/mol. The van der Waals surface area contributed by atoms with E-state index in [-0.39, 0.29) is 11.9 Å². The molecule has 6 nitrogen and oxygen atoms in total. The van der Waals surface area contributed by atoms with Crippen LogP contribution in [0.15, 0.2) is 6.20 Å². The molecule has 2 aliphatic heterocycles. The fourth-order valence-electron chi connectivity index (χ4n) is 4.09. The quantitative estimate of drug-likeness (QED) is 0.767. The van der Waals surface area contributed by atoms with Crippen molar-refractivity contribution in [3.63, 3.8) is 0 Å². The van der Waals surface area contributed by atoms with Gasteiger partial charge in [0.05, 0.1) is 17.7 Å². The lowest BCUT2D eigenvalue weighted by Crippen LogP contribution is -2.64. The highest BCUT2D eigenvalue weighted by Gasteiger charge is 2.39. The molecular weight excluding hydrogens is 322 g/mol. The molecule has 3 fully saturated rings. The fraction of sp³-hybridized carbons (Fsp3) is 0.706. The molecule has 1 aromatic rings. The van der Waals surface area contributed by atoms with E-state index in [0.29, 0.717) is 12.5 Å². The molecule has 3 aliphatic rings. The summed E-state index contributed by atoms with van der Waals surface area (Å²) in [6.07, 6.45) is 10.5. The Labute approximate surface area is 146 Å². The number of hydrogen-bond donors (Lipinski definition) is 0. The van der Waals surface area contributed by atoms with Crippen molar-refractivity contribution >= 4 is 22.2 Å². The highest BCUT2D eigenvalue weighted by Crippen LogP contribution is 2.37. The zero-order valence-electron chi connectivity index (χ0n) is 13.9. The Morgan fingerprint density at radius 1 is 1.17 bits per heavy atom. The van der Waals surface area contributed by atoms with Gasteiger partial charge >= 0.3 is 0 Å². The molecule has 3 heterocycles. The SMILES string of the molecule is N#CN1CCN2CCN(c3cnc(C4CCCCC4)s3)C(=O)C2C1. The van der Waals surface area contributed by atoms with E-state index in [1.54, 1.807) is 16.2 Å². The molecule has 1 saturated carbocycles. The van der Waals surface area contributed by atoms with Crippen LogP contribution < -0.4 is 4.90 Å². The van der Waals surface area contributed by atoms with Gasteiger partial charge in [0.25, 0.3) is 0 Å². The minimum atomic E-state index is -0.188. The number of carbonyl (C=O) groups excluding carboxylic acids is 1. The maximum Gasteiger partial charge on any atom is 0.246 e. The van der Waals surface area contributed by atoms with Gasteiger partial charge in [-0.25, -0.2) is 4.98 Å². The highest BCUT2D eigenvalue weighted by molar-refractivity contribution is 7.16. The number of amides is 1. The van der Waals surface area contributed by atoms with Crippen molar-refractivity contribution in [1.29, 1.82) is 5.26 Å². The number of rotatable bonds is 2. The molecule has 1 unspecified atom stereocenters. The van der Waals surface area contributed by atoms with Gasteiger partial charge in [0.1, 0.15) is 11.0 Å². The minimum absolute atomic E-state index is 0.125. The van der Waals surface area contributed by atoms with Gasteiger partial charge in [-0.2, -0.15) is 5.26 Å². The third-order valence-electron chi connectivity index (χ3n) is 5.53. The average Bonchev–Trinajstić information content (AvgIpc) is 3.12. The highest BCUT2D eigenvalue weighted by atomic mass is 32.1. The number of carbonyl (C=O) groups is 1. The fourth-order valence-corrected chi connectivity index (χ4v) is 5.21. The second kappa shape index (κ2) is 6.69. The number of thiazole rings is 1. The Morgan fingerprint density at radius 2 is 1.96 bits per heavy atom. The molecule has 0 aromatic carbocycles. The zero-order chi connectivity index (χ0) is 16.5. The number of aromatic nitrogens is 1. The first-order valence-electron chi connectivity index (χ1n) is 8.92. The maximum atomic E-state index is 12.9. The molecule has 4 rings (SSSR count). The molecule has 24 heavy (non-hydrogen) atoms. The molecule has 0 N–H and O–H groups in total. The smallest absolute Gasteiger partial charge is 0.246 e. The van der Waals surface area contributed by atoms with E-state index >= 15 is 0 Å². The van der Waals surface area contributed by atoms with Gasteiger partial charge in [-0.1, -0.05) is 19.3 Å². The van der Waals surface area contributed by atoms with Crippen LogP contribution in [0.2, 0.25) is 0 Å². The van der Waals surface area contributed by atoms with E-state index in [1.807, 2.05) is 11.1 Å². The van der Waals surface area contributed by atoms with Gasteiger partial charge in [0.2, 0.25) is 5.91 Å². The molecule has 1 aromatic heterocycles. The van der Waals surface area contributed by atoms with Crippen LogP contribution in [0, 0.1) is 11.5 Å². The van der Waals surface area contributed by atoms with E-state index in [0.717, 1.165) is 31.2 Å². The summed E-state index contributed by atoms with van der Waals surface area (Å²) >= 11 is 1.69. The third kappa shape index (κ3) is 2.89. The van der Waals surface area contributed by atoms with Gasteiger partial charge in [-0.15, -0.1) is 11.3 Å². The summed E-state index contributed by atoms with van der Waals surface area (Å²) in [5, 5.41) is 11.3. The second-order valence-corrected chi connectivity index (χ2v) is 8.00. The maximum absolute atomic E-state index is 12.9. The lowest BCUT2D eigenvalue weighted by Gasteiger charge is -2.44. The first-order chi connectivity index (χ1) is 11.8. The summed E-state index contributed by atoms with van der Waals surface area (Å²) in [4.78, 5) is 23.4. The van der Waals surface area contributed by atoms with Crippen LogP contribution in [0.3, 0.4) is 0 Å². The summed E-state index contributed by atoms with van der Waals surface area (Å²) in [5.74, 6) is 0.706. The van der Waals surface area contributed by atoms with E-state index < -0.39 is 0 Å². The predicted octanol–water partition coefficient (Wildman–Crippen LogP) is 2.00. The van der Waals surface area contributed by atoms with Crippen LogP contribution >= 0.6 is 11.3 Å². The monoisotopic (exact) mass is 345 g/mol. The number of piperazine rings is 2. The Morgan fingerprint density at radius 3 is 2.75 bits per heavy atom. The lowest BCUT2D eigenvalue weighted by atomic mass is 9.90. The van der Waals surface area contributed by atoms with E-state index in [1.165, 1.54) is 37.1 Å². The van der Waals surface area contributed by atoms with Crippen molar-refractivity contribution < 1.29 is 4.79 Å². The van der Waals surface area contributed by atoms with Gasteiger partial charge in [-0.05, 0) is 12.8 Å². The summed E-state index contributed by atoms with van der Waals surface area (Å²) in [7, 11) is 0. The average molecular weight is 345 g/mol. The Balaban J connectivity index is 1.49. The summed E-state index contributed by atoms with van der Waals surface area (Å²) < 4.78 is 0. The molecule has 0 radical (unpaired) electrons. The van der Waals surface area contributed by atoms with Crippen LogP contribution in [0.5, 0.6) is 0 Å². The zero-order valence-corrected chi connectivity index (χ0v) is 14.7. The third-order valence-corrected chi connectivity index (χ3v) is 6.71. The van der Waals surface area contributed by atoms with Crippen LogP contribution in [0.1, 0.15) is 43.0 Å². The van der Waals surface area contributed by atoms with Crippen LogP contribution in [-0.4, -0.2) is 59.5 Å². The van der Waals surface area contributed by atoms with E-state index in [4.69, 9.17) is 5.26 Å². The van der Waals surface area contributed by atoms with Crippen molar-refractivity contribution in [1.82, 2.24) is 14.8 Å². The topological polar surface area (TPSA) is 63.5 Å². The van der Waals surface area contributed by atoms with Crippen LogP contribution in [-0.2, 0) is 4.79 Å². The summed E-state index contributed by atoms with van der Waals surface area (Å²) in [6, 6.07) is -0.188. The number of anilines is 1. The van der Waals surface area contributed by atoms with Gasteiger partial charge in [0, 0.05) is 32.1 Å². The number of nitriles is 1. The summed E-state index contributed by atoms with van der Waals surface area (Å²) in [5.41, 5.74) is 0. The summed E-state index contributed by atoms with van der Waals surface area (Å²) in [6.45, 7) is 3.65. The first-order valence-corrected chi connectivity index (χ1v) is 9.74. The molecule has 0 bridgehead atoms. The molecule has 0 spiro atoms. The minimum Gasteiger partial charge on any atom is -0.307 e. The Kier molecular flexibility index (Phi) is 4.42. The largest absolute Gasteiger partial charge is 0.307 e. The normalized spacial score (nSPS) is 26.3. The van der Waals surface area contributed by atoms with Crippen LogP contribution in [0.25, 0.3) is 0 Å². The second-order valence-electron chi connectivity index (χ2n) is 6.96. The molecule has 7 heteroatoms. The van der Waals surface area contributed by atoms with Crippen LogP contribution in [0.4, 0.5) is 5.00 Å². The van der Waals surface area contributed by atoms with Gasteiger partial charge in [-0.3, -0.25) is 14.6 Å². The number of hydrogen-bond acceptors (Lipinski definition) is 6. The van der Waals surface area contributed by atoms with Crippen molar-refractivity contribution in [3.05, 3.63) is 11.2 Å². The molecule has 1 amide bonds. The Bertz CT molecular complexity index is 648. The Hall–Kier alpha value is -1.65. The van der Waals surface area contributed by atoms with Gasteiger partial charge < -0.3 is 4.90 Å². The van der Waals surface area contributed by atoms with E-state index in [9.17, 15) is 4.79 Å². The van der Waals surface area contributed by atoms with Crippen molar-refractivity contribution in [2.24, 2.45) is 0 Å². The number of nitrogens with zero attached hydrogens (tertiary/aromatic N) is 5. The molecular formula is C17H23N5OS. The molecule has 128 valence electrons. The molecule has 2 saturated heterocycles.